The monoisotopic (exact) mass is 789 g/mol. The van der Waals surface area contributed by atoms with Gasteiger partial charge in [0.2, 0.25) is 0 Å². The average Bonchev–Trinajstić information content (AvgIpc) is 4.06. The number of pyridine rings is 1. The van der Waals surface area contributed by atoms with Crippen LogP contribution in [0.4, 0.5) is 0 Å². The van der Waals surface area contributed by atoms with Gasteiger partial charge >= 0.3 is 0 Å². The molecular formula is C53H32N3O3P. The van der Waals surface area contributed by atoms with Gasteiger partial charge in [-0.05, 0) is 103 Å². The van der Waals surface area contributed by atoms with Gasteiger partial charge in [0.1, 0.15) is 22.3 Å². The predicted octanol–water partition coefficient (Wildman–Crippen LogP) is 12.7. The standard InChI is InChI=1S/C53H32N3O3P/c57-60(35-11-2-1-3-12-35,36-22-24-47-41(31-36)38-13-4-7-16-45(38)55(47)33-20-26-50-43(29-33)40-15-6-9-18-49(40)58-50)37-23-25-48-42(32-37)39-14-5-8-17-46(39)56(48)34-21-27-51-44(30-34)53-52(59-51)19-10-28-54-53/h1-32H. The summed E-state index contributed by atoms with van der Waals surface area (Å²) < 4.78 is 33.3. The van der Waals surface area contributed by atoms with Gasteiger partial charge in [-0.3, -0.25) is 4.98 Å². The molecule has 0 aliphatic heterocycles. The lowest BCUT2D eigenvalue weighted by Gasteiger charge is -2.21. The van der Waals surface area contributed by atoms with Crippen molar-refractivity contribution in [3.8, 4) is 11.4 Å². The highest BCUT2D eigenvalue weighted by Crippen LogP contribution is 2.46. The zero-order valence-electron chi connectivity index (χ0n) is 32.0. The van der Waals surface area contributed by atoms with Gasteiger partial charge in [-0.1, -0.05) is 84.9 Å². The Morgan fingerprint density at radius 2 is 0.867 bits per heavy atom. The Bertz CT molecular complexity index is 3710. The summed E-state index contributed by atoms with van der Waals surface area (Å²) in [5.74, 6) is 0. The SMILES string of the molecule is O=P(c1ccccc1)(c1ccc2c(c1)c1ccccc1n2-c1ccc2oc3ccccc3c2c1)c1ccc2c(c1)c1ccccc1n2-c1ccc2oc3cccnc3c2c1. The van der Waals surface area contributed by atoms with Gasteiger partial charge in [-0.15, -0.1) is 0 Å². The molecule has 5 heterocycles. The first-order chi connectivity index (χ1) is 29.6. The maximum Gasteiger partial charge on any atom is 0.171 e. The number of hydrogen-bond acceptors (Lipinski definition) is 4. The number of fused-ring (bicyclic) bond motifs is 12. The highest BCUT2D eigenvalue weighted by Gasteiger charge is 2.32. The number of benzene rings is 8. The summed E-state index contributed by atoms with van der Waals surface area (Å²) in [6.45, 7) is 0. The molecule has 13 rings (SSSR count). The van der Waals surface area contributed by atoms with Crippen LogP contribution in [0.5, 0.6) is 0 Å². The highest BCUT2D eigenvalue weighted by atomic mass is 31.2. The van der Waals surface area contributed by atoms with Crippen LogP contribution in [0.15, 0.2) is 203 Å². The molecule has 6 nitrogen and oxygen atoms in total. The molecule has 1 atom stereocenters. The van der Waals surface area contributed by atoms with Crippen LogP contribution in [0.25, 0.3) is 99.0 Å². The minimum atomic E-state index is -3.42. The molecule has 8 aromatic carbocycles. The molecule has 0 saturated heterocycles. The quantitative estimate of drug-likeness (QED) is 0.163. The summed E-state index contributed by atoms with van der Waals surface area (Å²) >= 11 is 0. The maximum atomic E-state index is 16.4. The van der Waals surface area contributed by atoms with E-state index in [-0.39, 0.29) is 0 Å². The molecular weight excluding hydrogens is 758 g/mol. The summed E-state index contributed by atoms with van der Waals surface area (Å²) in [6.07, 6.45) is 1.80. The molecule has 0 saturated carbocycles. The largest absolute Gasteiger partial charge is 0.456 e. The fourth-order valence-electron chi connectivity index (χ4n) is 9.53. The molecule has 282 valence electrons. The van der Waals surface area contributed by atoms with E-state index in [1.807, 2.05) is 66.7 Å². The van der Waals surface area contributed by atoms with Gasteiger partial charge in [0.05, 0.1) is 22.1 Å². The molecule has 0 amide bonds. The van der Waals surface area contributed by atoms with Crippen LogP contribution in [0.2, 0.25) is 0 Å². The molecule has 0 fully saturated rings. The second-order valence-electron chi connectivity index (χ2n) is 15.5. The van der Waals surface area contributed by atoms with E-state index < -0.39 is 7.14 Å². The van der Waals surface area contributed by atoms with Crippen LogP contribution in [0.3, 0.4) is 0 Å². The van der Waals surface area contributed by atoms with Gasteiger partial charge in [0, 0.05) is 71.2 Å². The molecule has 0 N–H and O–H groups in total. The van der Waals surface area contributed by atoms with E-state index in [1.54, 1.807) is 6.20 Å². The summed E-state index contributed by atoms with van der Waals surface area (Å²) in [6, 6.07) is 64.3. The third kappa shape index (κ3) is 4.65. The van der Waals surface area contributed by atoms with Gasteiger partial charge in [-0.2, -0.15) is 0 Å². The maximum absolute atomic E-state index is 16.4. The molecule has 0 aliphatic rings. The van der Waals surface area contributed by atoms with Crippen LogP contribution in [0.1, 0.15) is 0 Å². The van der Waals surface area contributed by atoms with Gasteiger partial charge in [0.25, 0.3) is 0 Å². The van der Waals surface area contributed by atoms with Gasteiger partial charge < -0.3 is 22.5 Å². The highest BCUT2D eigenvalue weighted by molar-refractivity contribution is 7.85. The van der Waals surface area contributed by atoms with Gasteiger partial charge in [0.15, 0.2) is 12.7 Å². The molecule has 0 bridgehead atoms. The summed E-state index contributed by atoms with van der Waals surface area (Å²) in [5.41, 5.74) is 10.4. The van der Waals surface area contributed by atoms with Crippen LogP contribution < -0.4 is 15.9 Å². The van der Waals surface area contributed by atoms with E-state index >= 15 is 4.57 Å². The van der Waals surface area contributed by atoms with E-state index in [1.165, 1.54) is 0 Å². The van der Waals surface area contributed by atoms with Crippen molar-refractivity contribution in [2.45, 2.75) is 0 Å². The van der Waals surface area contributed by atoms with E-state index in [0.717, 1.165) is 115 Å². The van der Waals surface area contributed by atoms with Crippen molar-refractivity contribution in [2.24, 2.45) is 0 Å². The van der Waals surface area contributed by atoms with Crippen LogP contribution in [-0.4, -0.2) is 14.1 Å². The first-order valence-corrected chi connectivity index (χ1v) is 21.8. The first kappa shape index (κ1) is 33.3. The Hall–Kier alpha value is -7.66. The molecule has 0 aliphatic carbocycles. The second-order valence-corrected chi connectivity index (χ2v) is 18.2. The predicted molar refractivity (Wildman–Crippen MR) is 247 cm³/mol. The topological polar surface area (TPSA) is 66.1 Å². The summed E-state index contributed by atoms with van der Waals surface area (Å²) in [5, 5.41) is 9.75. The van der Waals surface area contributed by atoms with E-state index in [4.69, 9.17) is 8.83 Å². The number of para-hydroxylation sites is 3. The van der Waals surface area contributed by atoms with Crippen molar-refractivity contribution in [1.29, 1.82) is 0 Å². The average molecular weight is 790 g/mol. The van der Waals surface area contributed by atoms with Crippen molar-refractivity contribution >= 4 is 111 Å². The molecule has 0 radical (unpaired) electrons. The Balaban J connectivity index is 1.02. The minimum absolute atomic E-state index is 0.764. The number of hydrogen-bond donors (Lipinski definition) is 0. The molecule has 7 heteroatoms. The van der Waals surface area contributed by atoms with Crippen molar-refractivity contribution in [1.82, 2.24) is 14.1 Å². The number of rotatable bonds is 5. The van der Waals surface area contributed by atoms with Crippen LogP contribution in [0, 0.1) is 0 Å². The molecule has 60 heavy (non-hydrogen) atoms. The minimum Gasteiger partial charge on any atom is -0.456 e. The van der Waals surface area contributed by atoms with E-state index in [9.17, 15) is 0 Å². The third-order valence-electron chi connectivity index (χ3n) is 12.2. The number of aromatic nitrogens is 3. The van der Waals surface area contributed by atoms with E-state index in [2.05, 4.69) is 135 Å². The van der Waals surface area contributed by atoms with Crippen LogP contribution in [-0.2, 0) is 4.57 Å². The Morgan fingerprint density at radius 3 is 1.53 bits per heavy atom. The zero-order valence-corrected chi connectivity index (χ0v) is 32.9. The van der Waals surface area contributed by atoms with Crippen molar-refractivity contribution in [2.75, 3.05) is 0 Å². The summed E-state index contributed by atoms with van der Waals surface area (Å²) in [7, 11) is -3.42. The fraction of sp³-hybridized carbons (Fsp3) is 0. The van der Waals surface area contributed by atoms with E-state index in [0.29, 0.717) is 0 Å². The molecule has 1 unspecified atom stereocenters. The Kier molecular flexibility index (Phi) is 6.90. The second kappa shape index (κ2) is 12.4. The fourth-order valence-corrected chi connectivity index (χ4v) is 12.2. The molecule has 13 aromatic rings. The van der Waals surface area contributed by atoms with Crippen molar-refractivity contribution < 1.29 is 13.4 Å². The first-order valence-electron chi connectivity index (χ1n) is 20.0. The normalized spacial score (nSPS) is 13.2. The zero-order chi connectivity index (χ0) is 39.5. The van der Waals surface area contributed by atoms with Crippen molar-refractivity contribution in [3.05, 3.63) is 194 Å². The smallest absolute Gasteiger partial charge is 0.171 e. The lowest BCUT2D eigenvalue weighted by Crippen LogP contribution is -2.25. The molecule has 0 spiro atoms. The van der Waals surface area contributed by atoms with Crippen molar-refractivity contribution in [3.63, 3.8) is 0 Å². The summed E-state index contributed by atoms with van der Waals surface area (Å²) in [4.78, 5) is 4.64. The number of furan rings is 2. The number of nitrogens with zero attached hydrogens (tertiary/aromatic N) is 3. The Labute approximate surface area is 342 Å². The molecule has 5 aromatic heterocycles. The van der Waals surface area contributed by atoms with Gasteiger partial charge in [-0.25, -0.2) is 0 Å². The Morgan fingerprint density at radius 1 is 0.367 bits per heavy atom. The van der Waals surface area contributed by atoms with Crippen LogP contribution >= 0.6 is 7.14 Å². The third-order valence-corrected chi connectivity index (χ3v) is 15.3. The lowest BCUT2D eigenvalue weighted by molar-refractivity contribution is 0.592. The lowest BCUT2D eigenvalue weighted by atomic mass is 10.1.